The monoisotopic (exact) mass is 889 g/mol. The fourth-order valence-corrected chi connectivity index (χ4v) is 10.2. The SMILES string of the molecule is CC(C)(C)c1ccc(C(c2ccc(C(C)(C)C)cc2)=c2c(C(C)(C)C)c(C(C)(C)C)c(C3=CC=CC3)c3c2=c2cc(C(C)(C)C)c(C(C)(C)C)cc2=[C]3[Zr+2])cc1.[Cl-].[Cl-]. The first-order chi connectivity index (χ1) is 25.5. The van der Waals surface area contributed by atoms with Crippen molar-refractivity contribution in [1.82, 2.24) is 0 Å². The van der Waals surface area contributed by atoms with Crippen LogP contribution in [0.4, 0.5) is 0 Å². The molecule has 2 aliphatic carbocycles. The standard InChI is InChI=1S/C55H69.2ClH.Zr/c1-50(2,3)38-27-23-35(24-28-38)44(36-25-29-39(30-26-36)51(4,5)6)47-46-40-33-43(53(10,11)12)42(52(7,8)9)32-37(40)31-41(46)45(34-21-19-20-22-34)48(54(13,14)15)49(47)55(16,17)18;;;/h19-21,23-30,32-33H,22H2,1-18H3;2*1H;/q;;;+2/p-2. The maximum atomic E-state index is 2.63. The molecule has 0 unspecified atom stereocenters. The van der Waals surface area contributed by atoms with E-state index < -0.39 is 0 Å². The Bertz CT molecular complexity index is 2440. The van der Waals surface area contributed by atoms with Crippen LogP contribution in [0.15, 0.2) is 78.9 Å². The predicted molar refractivity (Wildman–Crippen MR) is 241 cm³/mol. The molecule has 0 aromatic heterocycles. The fraction of sp³-hybridized carbons (Fsp3) is 0.455. The van der Waals surface area contributed by atoms with E-state index in [9.17, 15) is 0 Å². The Kier molecular flexibility index (Phi) is 13.4. The van der Waals surface area contributed by atoms with Crippen LogP contribution in [0.5, 0.6) is 0 Å². The molecule has 4 aromatic carbocycles. The van der Waals surface area contributed by atoms with E-state index in [0.717, 1.165) is 6.42 Å². The van der Waals surface area contributed by atoms with Crippen LogP contribution in [-0.4, -0.2) is 0 Å². The van der Waals surface area contributed by atoms with Gasteiger partial charge in [0.15, 0.2) is 0 Å². The number of fused-ring (bicyclic) bond motifs is 2. The zero-order chi connectivity index (χ0) is 41.7. The van der Waals surface area contributed by atoms with Crippen LogP contribution < -0.4 is 35.3 Å². The molecule has 307 valence electrons. The average molecular weight is 892 g/mol. The molecule has 0 atom stereocenters. The van der Waals surface area contributed by atoms with E-state index in [2.05, 4.69) is 204 Å². The number of benzene rings is 4. The van der Waals surface area contributed by atoms with Crippen molar-refractivity contribution in [2.45, 2.75) is 164 Å². The third kappa shape index (κ3) is 8.95. The molecule has 0 amide bonds. The number of halogens is 2. The van der Waals surface area contributed by atoms with Crippen molar-refractivity contribution < 1.29 is 49.5 Å². The van der Waals surface area contributed by atoms with Crippen molar-refractivity contribution in [2.75, 3.05) is 0 Å². The number of allylic oxidation sites excluding steroid dienone is 4. The van der Waals surface area contributed by atoms with Gasteiger partial charge in [0.05, 0.1) is 0 Å². The minimum atomic E-state index is -0.154. The Hall–Kier alpha value is -2.44. The molecular formula is C55H69Cl2Zr. The third-order valence-electron chi connectivity index (χ3n) is 12.0. The van der Waals surface area contributed by atoms with Gasteiger partial charge in [-0.25, -0.2) is 0 Å². The van der Waals surface area contributed by atoms with Crippen molar-refractivity contribution in [3.8, 4) is 0 Å². The summed E-state index contributed by atoms with van der Waals surface area (Å²) in [5.41, 5.74) is 16.8. The van der Waals surface area contributed by atoms with Gasteiger partial charge in [0, 0.05) is 0 Å². The Morgan fingerprint density at radius 3 is 1.24 bits per heavy atom. The molecule has 58 heavy (non-hydrogen) atoms. The first kappa shape index (κ1) is 48.2. The molecule has 2 aliphatic rings. The maximum absolute atomic E-state index is 2.63. The Labute approximate surface area is 380 Å². The van der Waals surface area contributed by atoms with Gasteiger partial charge < -0.3 is 24.8 Å². The molecular weight excluding hydrogens is 823 g/mol. The molecule has 0 saturated carbocycles. The second-order valence-electron chi connectivity index (χ2n) is 22.9. The summed E-state index contributed by atoms with van der Waals surface area (Å²) >= 11 is 1.47. The maximum Gasteiger partial charge on any atom is -1.00 e. The van der Waals surface area contributed by atoms with Crippen molar-refractivity contribution >= 4 is 14.4 Å². The van der Waals surface area contributed by atoms with Crippen molar-refractivity contribution in [3.63, 3.8) is 0 Å². The number of hydrogen-bond donors (Lipinski definition) is 0. The van der Waals surface area contributed by atoms with E-state index in [4.69, 9.17) is 0 Å². The van der Waals surface area contributed by atoms with Crippen molar-refractivity contribution in [3.05, 3.63) is 155 Å². The largest absolute Gasteiger partial charge is 1.00 e. The van der Waals surface area contributed by atoms with Gasteiger partial charge in [-0.1, -0.05) is 0 Å². The van der Waals surface area contributed by atoms with Crippen LogP contribution in [0.3, 0.4) is 0 Å². The summed E-state index contributed by atoms with van der Waals surface area (Å²) < 4.78 is 1.49. The van der Waals surface area contributed by atoms with Crippen LogP contribution >= 0.6 is 0 Å². The smallest absolute Gasteiger partial charge is 1.00 e. The van der Waals surface area contributed by atoms with Gasteiger partial charge in [-0.05, 0) is 0 Å². The summed E-state index contributed by atoms with van der Waals surface area (Å²) in [4.78, 5) is 0. The Morgan fingerprint density at radius 1 is 0.483 bits per heavy atom. The van der Waals surface area contributed by atoms with E-state index in [1.54, 1.807) is 0 Å². The van der Waals surface area contributed by atoms with Gasteiger partial charge in [-0.15, -0.1) is 0 Å². The molecule has 0 N–H and O–H groups in total. The summed E-state index contributed by atoms with van der Waals surface area (Å²) in [5.74, 6) is 0. The first-order valence-electron chi connectivity index (χ1n) is 21.0. The zero-order valence-corrected chi connectivity index (χ0v) is 42.9. The van der Waals surface area contributed by atoms with Crippen LogP contribution in [0.2, 0.25) is 0 Å². The van der Waals surface area contributed by atoms with E-state index >= 15 is 0 Å². The van der Waals surface area contributed by atoms with Gasteiger partial charge in [-0.2, -0.15) is 0 Å². The van der Waals surface area contributed by atoms with Crippen LogP contribution in [-0.2, 0) is 57.2 Å². The number of hydrogen-bond acceptors (Lipinski definition) is 0. The van der Waals surface area contributed by atoms with Gasteiger partial charge in [-0.3, -0.25) is 0 Å². The average Bonchev–Trinajstić information content (AvgIpc) is 3.69. The first-order valence-corrected chi connectivity index (χ1v) is 22.2. The summed E-state index contributed by atoms with van der Waals surface area (Å²) in [7, 11) is 0. The molecule has 4 aromatic rings. The van der Waals surface area contributed by atoms with Gasteiger partial charge in [0.25, 0.3) is 0 Å². The van der Waals surface area contributed by atoms with E-state index in [1.165, 1.54) is 116 Å². The fourth-order valence-electron chi connectivity index (χ4n) is 9.09. The summed E-state index contributed by atoms with van der Waals surface area (Å²) in [6.07, 6.45) is 8.01. The van der Waals surface area contributed by atoms with Gasteiger partial charge >= 0.3 is 358 Å². The summed E-state index contributed by atoms with van der Waals surface area (Å²) in [5, 5.41) is 5.70. The van der Waals surface area contributed by atoms with Crippen LogP contribution in [0.25, 0.3) is 14.4 Å². The zero-order valence-electron chi connectivity index (χ0n) is 39.0. The molecule has 0 saturated heterocycles. The normalized spacial score (nSPS) is 14.5. The van der Waals surface area contributed by atoms with Crippen LogP contribution in [0.1, 0.15) is 187 Å². The topological polar surface area (TPSA) is 0 Å². The van der Waals surface area contributed by atoms with Gasteiger partial charge in [0.1, 0.15) is 0 Å². The molecule has 3 heteroatoms. The minimum absolute atomic E-state index is 0. The molecule has 6 rings (SSSR count). The molecule has 0 spiro atoms. The molecule has 0 bridgehead atoms. The predicted octanol–water partition coefficient (Wildman–Crippen LogP) is 7.37. The third-order valence-corrected chi connectivity index (χ3v) is 13.3. The van der Waals surface area contributed by atoms with Crippen LogP contribution in [0, 0.1) is 10.4 Å². The molecule has 0 fully saturated rings. The molecule has 0 aliphatic heterocycles. The molecule has 0 nitrogen and oxygen atoms in total. The van der Waals surface area contributed by atoms with E-state index in [-0.39, 0.29) is 57.3 Å². The quantitative estimate of drug-likeness (QED) is 0.202. The number of rotatable bonds is 3. The van der Waals surface area contributed by atoms with Crippen molar-refractivity contribution in [1.29, 1.82) is 0 Å². The van der Waals surface area contributed by atoms with Gasteiger partial charge in [0.2, 0.25) is 0 Å². The minimum Gasteiger partial charge on any atom is -1.00 e. The Morgan fingerprint density at radius 2 is 0.897 bits per heavy atom. The summed E-state index contributed by atoms with van der Waals surface area (Å²) in [6, 6.07) is 24.4. The van der Waals surface area contributed by atoms with E-state index in [0.29, 0.717) is 0 Å². The molecule has 0 heterocycles. The second-order valence-corrected chi connectivity index (χ2v) is 24.2. The van der Waals surface area contributed by atoms with E-state index in [1.807, 2.05) is 0 Å². The Balaban J connectivity index is 0.00000372. The molecule has 0 radical (unpaired) electrons. The second kappa shape index (κ2) is 16.1. The van der Waals surface area contributed by atoms with Crippen molar-refractivity contribution in [2.24, 2.45) is 0 Å². The summed E-state index contributed by atoms with van der Waals surface area (Å²) in [6.45, 7) is 43.0.